The number of benzene rings is 1. The molecule has 0 saturated carbocycles. The van der Waals surface area contributed by atoms with Gasteiger partial charge in [-0.05, 0) is 37.5 Å². The van der Waals surface area contributed by atoms with Crippen molar-refractivity contribution in [1.82, 2.24) is 4.90 Å². The number of carbonyl (C=O) groups is 2. The van der Waals surface area contributed by atoms with Crippen molar-refractivity contribution in [2.45, 2.75) is 19.3 Å². The van der Waals surface area contributed by atoms with E-state index in [4.69, 9.17) is 9.47 Å². The van der Waals surface area contributed by atoms with Gasteiger partial charge in [-0.25, -0.2) is 4.79 Å². The van der Waals surface area contributed by atoms with Crippen LogP contribution in [0.2, 0.25) is 0 Å². The third kappa shape index (κ3) is 3.73. The van der Waals surface area contributed by atoms with Crippen LogP contribution >= 0.6 is 0 Å². The maximum atomic E-state index is 11.9. The van der Waals surface area contributed by atoms with Crippen LogP contribution in [0, 0.1) is 0 Å². The fourth-order valence-corrected chi connectivity index (χ4v) is 2.20. The first-order valence-electron chi connectivity index (χ1n) is 6.79. The molecular weight excluding hydrogens is 258 g/mol. The van der Waals surface area contributed by atoms with Crippen LogP contribution < -0.4 is 4.74 Å². The lowest BCUT2D eigenvalue weighted by atomic mass is 10.1. The van der Waals surface area contributed by atoms with Gasteiger partial charge in [-0.1, -0.05) is 6.07 Å². The van der Waals surface area contributed by atoms with Gasteiger partial charge >= 0.3 is 5.97 Å². The fourth-order valence-electron chi connectivity index (χ4n) is 2.20. The number of hydrogen-bond acceptors (Lipinski definition) is 4. The molecule has 5 nitrogen and oxygen atoms in total. The quantitative estimate of drug-likeness (QED) is 0.788. The van der Waals surface area contributed by atoms with Crippen LogP contribution in [0.15, 0.2) is 24.3 Å². The number of hydrogen-bond donors (Lipinski definition) is 0. The van der Waals surface area contributed by atoms with E-state index in [0.717, 1.165) is 32.4 Å². The van der Waals surface area contributed by atoms with Crippen molar-refractivity contribution in [1.29, 1.82) is 0 Å². The first-order chi connectivity index (χ1) is 9.70. The van der Waals surface area contributed by atoms with Crippen LogP contribution in [0.25, 0.3) is 0 Å². The number of esters is 1. The van der Waals surface area contributed by atoms with Gasteiger partial charge in [0.1, 0.15) is 5.75 Å². The first-order valence-corrected chi connectivity index (χ1v) is 6.79. The molecule has 1 fully saturated rings. The molecule has 0 aliphatic carbocycles. The molecule has 108 valence electrons. The Balaban J connectivity index is 1.86. The molecule has 1 heterocycles. The minimum Gasteiger partial charge on any atom is -0.497 e. The molecule has 0 atom stereocenters. The maximum Gasteiger partial charge on any atom is 0.338 e. The highest BCUT2D eigenvalue weighted by Gasteiger charge is 2.18. The molecule has 0 radical (unpaired) electrons. The summed E-state index contributed by atoms with van der Waals surface area (Å²) in [5.74, 6) is -0.0444. The second-order valence-electron chi connectivity index (χ2n) is 4.75. The molecule has 0 aromatic heterocycles. The number of rotatable bonds is 4. The highest BCUT2D eigenvalue weighted by Crippen LogP contribution is 2.14. The van der Waals surface area contributed by atoms with Crippen molar-refractivity contribution in [3.05, 3.63) is 29.8 Å². The largest absolute Gasteiger partial charge is 0.497 e. The first kappa shape index (κ1) is 14.4. The van der Waals surface area contributed by atoms with E-state index in [1.807, 2.05) is 0 Å². The van der Waals surface area contributed by atoms with Gasteiger partial charge in [0.15, 0.2) is 6.61 Å². The minimum atomic E-state index is -0.505. The zero-order valence-corrected chi connectivity index (χ0v) is 11.6. The Hall–Kier alpha value is -2.04. The second kappa shape index (κ2) is 6.93. The Kier molecular flexibility index (Phi) is 4.98. The molecule has 0 N–H and O–H groups in total. The molecule has 1 aromatic carbocycles. The van der Waals surface area contributed by atoms with E-state index in [0.29, 0.717) is 11.3 Å². The maximum absolute atomic E-state index is 11.9. The van der Waals surface area contributed by atoms with Gasteiger partial charge in [0.2, 0.25) is 0 Å². The van der Waals surface area contributed by atoms with Gasteiger partial charge in [0, 0.05) is 13.1 Å². The van der Waals surface area contributed by atoms with Crippen LogP contribution in [-0.4, -0.2) is 43.6 Å². The predicted octanol–water partition coefficient (Wildman–Crippen LogP) is 1.86. The summed E-state index contributed by atoms with van der Waals surface area (Å²) in [7, 11) is 1.53. The zero-order chi connectivity index (χ0) is 14.4. The SMILES string of the molecule is COc1cccc(C(=O)OCC(=O)N2CCCCC2)c1. The highest BCUT2D eigenvalue weighted by atomic mass is 16.5. The summed E-state index contributed by atoms with van der Waals surface area (Å²) >= 11 is 0. The minimum absolute atomic E-state index is 0.124. The van der Waals surface area contributed by atoms with E-state index in [1.165, 1.54) is 7.11 Å². The molecular formula is C15H19NO4. The lowest BCUT2D eigenvalue weighted by molar-refractivity contribution is -0.135. The smallest absolute Gasteiger partial charge is 0.338 e. The van der Waals surface area contributed by atoms with Gasteiger partial charge in [0.05, 0.1) is 12.7 Å². The van der Waals surface area contributed by atoms with E-state index in [-0.39, 0.29) is 12.5 Å². The van der Waals surface area contributed by atoms with E-state index in [2.05, 4.69) is 0 Å². The van der Waals surface area contributed by atoms with Crippen molar-refractivity contribution in [2.75, 3.05) is 26.8 Å². The fraction of sp³-hybridized carbons (Fsp3) is 0.467. The van der Waals surface area contributed by atoms with Crippen molar-refractivity contribution < 1.29 is 19.1 Å². The van der Waals surface area contributed by atoms with Crippen LogP contribution in [-0.2, 0) is 9.53 Å². The molecule has 1 amide bonds. The molecule has 0 spiro atoms. The molecule has 2 rings (SSSR count). The molecule has 0 unspecified atom stereocenters. The van der Waals surface area contributed by atoms with Crippen LogP contribution in [0.1, 0.15) is 29.6 Å². The van der Waals surface area contributed by atoms with Crippen molar-refractivity contribution in [2.24, 2.45) is 0 Å². The standard InChI is InChI=1S/C15H19NO4/c1-19-13-7-5-6-12(10-13)15(18)20-11-14(17)16-8-3-2-4-9-16/h5-7,10H,2-4,8-9,11H2,1H3. The normalized spacial score (nSPS) is 14.8. The van der Waals surface area contributed by atoms with Crippen molar-refractivity contribution >= 4 is 11.9 Å². The van der Waals surface area contributed by atoms with Gasteiger partial charge < -0.3 is 14.4 Å². The van der Waals surface area contributed by atoms with Crippen LogP contribution in [0.4, 0.5) is 0 Å². The number of methoxy groups -OCH3 is 1. The number of ether oxygens (including phenoxy) is 2. The molecule has 1 aliphatic rings. The van der Waals surface area contributed by atoms with Crippen LogP contribution in [0.3, 0.4) is 0 Å². The number of nitrogens with zero attached hydrogens (tertiary/aromatic N) is 1. The predicted molar refractivity (Wildman–Crippen MR) is 73.7 cm³/mol. The molecule has 0 bridgehead atoms. The zero-order valence-electron chi connectivity index (χ0n) is 11.6. The van der Waals surface area contributed by atoms with E-state index in [1.54, 1.807) is 29.2 Å². The summed E-state index contributed by atoms with van der Waals surface area (Å²) in [4.78, 5) is 25.5. The molecule has 1 aliphatic heterocycles. The molecule has 5 heteroatoms. The summed E-state index contributed by atoms with van der Waals surface area (Å²) < 4.78 is 10.1. The highest BCUT2D eigenvalue weighted by molar-refractivity contribution is 5.91. The monoisotopic (exact) mass is 277 g/mol. The Labute approximate surface area is 118 Å². The summed E-state index contributed by atoms with van der Waals surface area (Å²) in [6.45, 7) is 1.32. The number of likely N-dealkylation sites (tertiary alicyclic amines) is 1. The number of amides is 1. The van der Waals surface area contributed by atoms with Gasteiger partial charge in [-0.2, -0.15) is 0 Å². The molecule has 1 aromatic rings. The Morgan fingerprint density at radius 1 is 1.20 bits per heavy atom. The van der Waals surface area contributed by atoms with Crippen LogP contribution in [0.5, 0.6) is 5.75 Å². The van der Waals surface area contributed by atoms with Gasteiger partial charge in [-0.15, -0.1) is 0 Å². The van der Waals surface area contributed by atoms with Gasteiger partial charge in [0.25, 0.3) is 5.91 Å². The van der Waals surface area contributed by atoms with Crippen molar-refractivity contribution in [3.8, 4) is 5.75 Å². The third-order valence-corrected chi connectivity index (χ3v) is 3.34. The molecule has 1 saturated heterocycles. The third-order valence-electron chi connectivity index (χ3n) is 3.34. The summed E-state index contributed by atoms with van der Waals surface area (Å²) in [6, 6.07) is 6.68. The topological polar surface area (TPSA) is 55.8 Å². The van der Waals surface area contributed by atoms with E-state index in [9.17, 15) is 9.59 Å². The average molecular weight is 277 g/mol. The number of carbonyl (C=O) groups excluding carboxylic acids is 2. The van der Waals surface area contributed by atoms with Crippen molar-refractivity contribution in [3.63, 3.8) is 0 Å². The lowest BCUT2D eigenvalue weighted by Gasteiger charge is -2.26. The van der Waals surface area contributed by atoms with Gasteiger partial charge in [-0.3, -0.25) is 4.79 Å². The Bertz CT molecular complexity index is 481. The average Bonchev–Trinajstić information content (AvgIpc) is 2.53. The summed E-state index contributed by atoms with van der Waals surface area (Å²) in [6.07, 6.45) is 3.21. The second-order valence-corrected chi connectivity index (χ2v) is 4.75. The Morgan fingerprint density at radius 2 is 1.95 bits per heavy atom. The summed E-state index contributed by atoms with van der Waals surface area (Å²) in [5, 5.41) is 0. The molecule has 20 heavy (non-hydrogen) atoms. The lowest BCUT2D eigenvalue weighted by Crippen LogP contribution is -2.38. The van der Waals surface area contributed by atoms with E-state index < -0.39 is 5.97 Å². The number of piperidine rings is 1. The van der Waals surface area contributed by atoms with E-state index >= 15 is 0 Å². The Morgan fingerprint density at radius 3 is 2.65 bits per heavy atom. The summed E-state index contributed by atoms with van der Waals surface area (Å²) in [5.41, 5.74) is 0.385.